The van der Waals surface area contributed by atoms with E-state index in [0.29, 0.717) is 24.3 Å². The van der Waals surface area contributed by atoms with Crippen LogP contribution in [0.4, 0.5) is 17.6 Å². The zero-order valence-corrected chi connectivity index (χ0v) is 24.5. The lowest BCUT2D eigenvalue weighted by molar-refractivity contribution is -0.137. The monoisotopic (exact) mass is 617 g/mol. The Balaban J connectivity index is 1.45. The molecule has 45 heavy (non-hydrogen) atoms. The highest BCUT2D eigenvalue weighted by Crippen LogP contribution is 2.30. The maximum atomic E-state index is 14.0. The van der Waals surface area contributed by atoms with Gasteiger partial charge in [0.15, 0.2) is 0 Å². The van der Waals surface area contributed by atoms with Crippen molar-refractivity contribution in [3.63, 3.8) is 0 Å². The lowest BCUT2D eigenvalue weighted by Crippen LogP contribution is -2.43. The summed E-state index contributed by atoms with van der Waals surface area (Å²) in [6.07, 6.45) is -2.25. The van der Waals surface area contributed by atoms with Crippen LogP contribution >= 0.6 is 0 Å². The summed E-state index contributed by atoms with van der Waals surface area (Å²) in [5.41, 5.74) is 2.05. The van der Waals surface area contributed by atoms with Crippen molar-refractivity contribution in [2.75, 3.05) is 20.2 Å². The van der Waals surface area contributed by atoms with E-state index in [1.807, 2.05) is 48.7 Å². The van der Waals surface area contributed by atoms with Gasteiger partial charge in [0.25, 0.3) is 5.91 Å². The van der Waals surface area contributed by atoms with Crippen molar-refractivity contribution in [1.29, 1.82) is 0 Å². The molecule has 0 saturated carbocycles. The van der Waals surface area contributed by atoms with Crippen LogP contribution < -0.4 is 4.74 Å². The van der Waals surface area contributed by atoms with Crippen molar-refractivity contribution in [1.82, 2.24) is 14.8 Å². The molecule has 0 bridgehead atoms. The number of rotatable bonds is 11. The second-order valence-corrected chi connectivity index (χ2v) is 10.6. The molecule has 0 spiro atoms. The molecule has 0 atom stereocenters. The predicted molar refractivity (Wildman–Crippen MR) is 163 cm³/mol. The molecule has 6 nitrogen and oxygen atoms in total. The topological polar surface area (TPSA) is 65.6 Å². The summed E-state index contributed by atoms with van der Waals surface area (Å²) in [4.78, 5) is 33.8. The lowest BCUT2D eigenvalue weighted by atomic mass is 10.1. The van der Waals surface area contributed by atoms with Crippen LogP contribution in [0.2, 0.25) is 0 Å². The number of methoxy groups -OCH3 is 1. The Hall–Kier alpha value is -5.12. The third kappa shape index (κ3) is 7.70. The van der Waals surface area contributed by atoms with Crippen LogP contribution in [0.1, 0.15) is 32.6 Å². The number of fused-ring (bicyclic) bond motifs is 1. The van der Waals surface area contributed by atoms with Gasteiger partial charge in [0.1, 0.15) is 18.1 Å². The van der Waals surface area contributed by atoms with Gasteiger partial charge in [-0.2, -0.15) is 13.2 Å². The van der Waals surface area contributed by atoms with E-state index in [-0.39, 0.29) is 18.7 Å². The number of nitrogens with one attached hydrogen (secondary N) is 1. The molecule has 1 aromatic heterocycles. The number of aromatic nitrogens is 1. The van der Waals surface area contributed by atoms with Crippen molar-refractivity contribution < 1.29 is 31.9 Å². The van der Waals surface area contributed by atoms with Gasteiger partial charge in [0.2, 0.25) is 5.91 Å². The molecule has 0 saturated heterocycles. The number of carbonyl (C=O) groups excluding carboxylic acids is 2. The summed E-state index contributed by atoms with van der Waals surface area (Å²) >= 11 is 0. The highest BCUT2D eigenvalue weighted by Gasteiger charge is 2.32. The fourth-order valence-electron chi connectivity index (χ4n) is 5.21. The number of ether oxygens (including phenoxy) is 1. The summed E-state index contributed by atoms with van der Waals surface area (Å²) in [7, 11) is 1.54. The van der Waals surface area contributed by atoms with Gasteiger partial charge in [-0.05, 0) is 60.0 Å². The Bertz CT molecular complexity index is 1780. The van der Waals surface area contributed by atoms with Crippen molar-refractivity contribution in [3.05, 3.63) is 137 Å². The van der Waals surface area contributed by atoms with E-state index in [9.17, 15) is 27.2 Å². The molecule has 0 fully saturated rings. The molecule has 5 rings (SSSR count). The molecule has 1 heterocycles. The Labute approximate surface area is 257 Å². The number of hydrogen-bond donors (Lipinski definition) is 1. The van der Waals surface area contributed by atoms with Crippen LogP contribution in [0.15, 0.2) is 103 Å². The van der Waals surface area contributed by atoms with Crippen molar-refractivity contribution in [3.8, 4) is 5.75 Å². The predicted octanol–water partition coefficient (Wildman–Crippen LogP) is 7.25. The van der Waals surface area contributed by atoms with Gasteiger partial charge >= 0.3 is 6.18 Å². The van der Waals surface area contributed by atoms with E-state index in [2.05, 4.69) is 4.98 Å². The standard InChI is InChI=1S/C35H31F4N3O3/c1-45-32-12-5-2-7-27(32)22-41(18-17-26-20-40-31-11-4-3-10-30(26)31)33(43)23-42(21-24-13-15-29(36)16-14-24)34(44)25-8-6-9-28(19-25)35(37,38)39/h2-16,19-20,40H,17-18,21-23H2,1H3. The number of para-hydroxylation sites is 2. The quantitative estimate of drug-likeness (QED) is 0.159. The SMILES string of the molecule is COc1ccccc1CN(CCc1c[nH]c2ccccc12)C(=O)CN(Cc1ccc(F)cc1)C(=O)c1cccc(C(F)(F)F)c1. The van der Waals surface area contributed by atoms with Crippen LogP contribution in [0.5, 0.6) is 5.75 Å². The van der Waals surface area contributed by atoms with E-state index in [4.69, 9.17) is 4.74 Å². The van der Waals surface area contributed by atoms with E-state index in [0.717, 1.165) is 40.2 Å². The minimum atomic E-state index is -4.65. The van der Waals surface area contributed by atoms with Gasteiger partial charge in [0, 0.05) is 47.9 Å². The smallest absolute Gasteiger partial charge is 0.416 e. The number of hydrogen-bond acceptors (Lipinski definition) is 3. The molecule has 10 heteroatoms. The molecule has 1 N–H and O–H groups in total. The number of benzene rings is 4. The Morgan fingerprint density at radius 2 is 1.56 bits per heavy atom. The Morgan fingerprint density at radius 3 is 2.31 bits per heavy atom. The molecular formula is C35H31F4N3O3. The van der Waals surface area contributed by atoms with Crippen LogP contribution in [0.3, 0.4) is 0 Å². The van der Waals surface area contributed by atoms with Crippen molar-refractivity contribution in [2.24, 2.45) is 0 Å². The Morgan fingerprint density at radius 1 is 0.822 bits per heavy atom. The molecule has 0 radical (unpaired) electrons. The molecule has 232 valence electrons. The normalized spacial score (nSPS) is 11.4. The number of halogens is 4. The molecule has 2 amide bonds. The fraction of sp³-hybridized carbons (Fsp3) is 0.200. The summed E-state index contributed by atoms with van der Waals surface area (Å²) in [5, 5.41) is 1.03. The first-order valence-electron chi connectivity index (χ1n) is 14.3. The lowest BCUT2D eigenvalue weighted by Gasteiger charge is -2.28. The van der Waals surface area contributed by atoms with Gasteiger partial charge in [-0.15, -0.1) is 0 Å². The first-order chi connectivity index (χ1) is 21.6. The molecule has 5 aromatic rings. The number of nitrogens with zero attached hydrogens (tertiary/aromatic N) is 2. The van der Waals surface area contributed by atoms with E-state index in [1.165, 1.54) is 42.3 Å². The second-order valence-electron chi connectivity index (χ2n) is 10.6. The molecule has 0 aliphatic carbocycles. The molecule has 4 aromatic carbocycles. The minimum Gasteiger partial charge on any atom is -0.496 e. The van der Waals surface area contributed by atoms with Crippen LogP contribution in [-0.2, 0) is 30.5 Å². The Kier molecular flexibility index (Phi) is 9.51. The zero-order valence-electron chi connectivity index (χ0n) is 24.5. The second kappa shape index (κ2) is 13.7. The summed E-state index contributed by atoms with van der Waals surface area (Å²) < 4.78 is 59.5. The highest BCUT2D eigenvalue weighted by atomic mass is 19.4. The zero-order chi connectivity index (χ0) is 32.0. The van der Waals surface area contributed by atoms with E-state index >= 15 is 0 Å². The van der Waals surface area contributed by atoms with Gasteiger partial charge in [-0.25, -0.2) is 4.39 Å². The van der Waals surface area contributed by atoms with Gasteiger partial charge < -0.3 is 19.5 Å². The molecule has 0 aliphatic heterocycles. The average Bonchev–Trinajstić information content (AvgIpc) is 3.46. The molecular weight excluding hydrogens is 586 g/mol. The molecule has 0 aliphatic rings. The number of amides is 2. The number of H-pyrrole nitrogens is 1. The van der Waals surface area contributed by atoms with Crippen molar-refractivity contribution in [2.45, 2.75) is 25.7 Å². The summed E-state index contributed by atoms with van der Waals surface area (Å²) in [6.45, 7) is -0.0737. The third-order valence-electron chi connectivity index (χ3n) is 7.57. The van der Waals surface area contributed by atoms with Crippen LogP contribution in [-0.4, -0.2) is 46.8 Å². The fourth-order valence-corrected chi connectivity index (χ4v) is 5.21. The van der Waals surface area contributed by atoms with E-state index < -0.39 is 35.9 Å². The number of aromatic amines is 1. The number of carbonyl (C=O) groups is 2. The van der Waals surface area contributed by atoms with Gasteiger partial charge in [0.05, 0.1) is 12.7 Å². The average molecular weight is 618 g/mol. The summed E-state index contributed by atoms with van der Waals surface area (Å²) in [6, 6.07) is 24.6. The number of alkyl halides is 3. The van der Waals surface area contributed by atoms with Crippen LogP contribution in [0, 0.1) is 5.82 Å². The highest BCUT2D eigenvalue weighted by molar-refractivity contribution is 5.96. The van der Waals surface area contributed by atoms with Crippen molar-refractivity contribution >= 4 is 22.7 Å². The maximum Gasteiger partial charge on any atom is 0.416 e. The maximum absolute atomic E-state index is 14.0. The minimum absolute atomic E-state index is 0.119. The van der Waals surface area contributed by atoms with E-state index in [1.54, 1.807) is 11.0 Å². The first kappa shape index (κ1) is 31.3. The third-order valence-corrected chi connectivity index (χ3v) is 7.57. The molecule has 0 unspecified atom stereocenters. The first-order valence-corrected chi connectivity index (χ1v) is 14.3. The van der Waals surface area contributed by atoms with Gasteiger partial charge in [-0.3, -0.25) is 9.59 Å². The van der Waals surface area contributed by atoms with Gasteiger partial charge in [-0.1, -0.05) is 54.6 Å². The van der Waals surface area contributed by atoms with Crippen LogP contribution in [0.25, 0.3) is 10.9 Å². The largest absolute Gasteiger partial charge is 0.496 e. The summed E-state index contributed by atoms with van der Waals surface area (Å²) in [5.74, 6) is -1.06.